The van der Waals surface area contributed by atoms with Crippen LogP contribution in [0.4, 0.5) is 4.79 Å². The highest BCUT2D eigenvalue weighted by molar-refractivity contribution is 7.91. The molecule has 0 aromatic heterocycles. The molecule has 0 radical (unpaired) electrons. The van der Waals surface area contributed by atoms with E-state index >= 15 is 0 Å². The molecule has 2 heterocycles. The Bertz CT molecular complexity index is 843. The van der Waals surface area contributed by atoms with Gasteiger partial charge in [0.1, 0.15) is 12.4 Å². The summed E-state index contributed by atoms with van der Waals surface area (Å²) in [4.78, 5) is 13.7. The number of methoxy groups -OCH3 is 1. The van der Waals surface area contributed by atoms with Gasteiger partial charge in [0.05, 0.1) is 30.8 Å². The number of hydrogen-bond acceptors (Lipinski definition) is 7. The van der Waals surface area contributed by atoms with E-state index in [0.29, 0.717) is 31.7 Å². The quantitative estimate of drug-likeness (QED) is 0.660. The first-order valence-electron chi connectivity index (χ1n) is 9.97. The van der Waals surface area contributed by atoms with Gasteiger partial charge in [-0.2, -0.15) is 0 Å². The number of sulfone groups is 1. The zero-order chi connectivity index (χ0) is 21.2. The first kappa shape index (κ1) is 21.9. The number of amides is 1. The number of cyclic esters (lactones) is 1. The van der Waals surface area contributed by atoms with Crippen molar-refractivity contribution in [3.8, 4) is 5.75 Å². The molecular formula is C20H30N2O6S. The third-order valence-corrected chi connectivity index (χ3v) is 7.50. The Hall–Kier alpha value is -1.84. The highest BCUT2D eigenvalue weighted by Crippen LogP contribution is 2.28. The fraction of sp³-hybridized carbons (Fsp3) is 0.650. The van der Waals surface area contributed by atoms with Gasteiger partial charge in [-0.15, -0.1) is 0 Å². The molecule has 29 heavy (non-hydrogen) atoms. The Kier molecular flexibility index (Phi) is 6.70. The lowest BCUT2D eigenvalue weighted by atomic mass is 9.90. The van der Waals surface area contributed by atoms with Crippen LogP contribution in [0.2, 0.25) is 0 Å². The Morgan fingerprint density at radius 1 is 1.31 bits per heavy atom. The van der Waals surface area contributed by atoms with Crippen molar-refractivity contribution in [2.75, 3.05) is 31.8 Å². The number of hydrogen-bond donors (Lipinski definition) is 2. The van der Waals surface area contributed by atoms with Gasteiger partial charge in [0.15, 0.2) is 9.84 Å². The molecule has 162 valence electrons. The maximum atomic E-state index is 12.1. The number of carbonyl (C=O) groups is 1. The normalized spacial score (nSPS) is 29.0. The van der Waals surface area contributed by atoms with Crippen molar-refractivity contribution in [2.24, 2.45) is 11.7 Å². The van der Waals surface area contributed by atoms with Crippen LogP contribution < -0.4 is 10.5 Å². The molecule has 1 aromatic carbocycles. The second kappa shape index (κ2) is 8.89. The van der Waals surface area contributed by atoms with Crippen molar-refractivity contribution >= 4 is 15.9 Å². The Morgan fingerprint density at radius 3 is 2.76 bits per heavy atom. The second-order valence-corrected chi connectivity index (χ2v) is 10.1. The summed E-state index contributed by atoms with van der Waals surface area (Å²) >= 11 is 0. The summed E-state index contributed by atoms with van der Waals surface area (Å²) in [5.74, 6) is 0.0102. The SMILES string of the molecule is CCCN1C(=O)OC[C@@H]1Cc1cc(C[C@@H]2CS(=O)(=O)C[C@H](N)[C@H]2O)ccc1OC. The van der Waals surface area contributed by atoms with Gasteiger partial charge in [-0.05, 0) is 36.5 Å². The van der Waals surface area contributed by atoms with Gasteiger partial charge < -0.3 is 25.2 Å². The van der Waals surface area contributed by atoms with E-state index in [1.54, 1.807) is 12.0 Å². The molecule has 0 unspecified atom stereocenters. The molecule has 2 saturated heterocycles. The van der Waals surface area contributed by atoms with Crippen molar-refractivity contribution in [3.05, 3.63) is 29.3 Å². The number of nitrogens with two attached hydrogens (primary N) is 1. The van der Waals surface area contributed by atoms with Crippen LogP contribution in [0.5, 0.6) is 5.75 Å². The fourth-order valence-electron chi connectivity index (χ4n) is 4.26. The first-order chi connectivity index (χ1) is 13.7. The predicted molar refractivity (Wildman–Crippen MR) is 109 cm³/mol. The first-order valence-corrected chi connectivity index (χ1v) is 11.8. The number of aliphatic hydroxyl groups is 1. The van der Waals surface area contributed by atoms with Crippen LogP contribution in [0.3, 0.4) is 0 Å². The van der Waals surface area contributed by atoms with Gasteiger partial charge in [-0.25, -0.2) is 13.2 Å². The summed E-state index contributed by atoms with van der Waals surface area (Å²) in [7, 11) is -1.67. The number of carbonyl (C=O) groups excluding carboxylic acids is 1. The number of ether oxygens (including phenoxy) is 2. The van der Waals surface area contributed by atoms with Crippen LogP contribution in [0.25, 0.3) is 0 Å². The van der Waals surface area contributed by atoms with E-state index in [-0.39, 0.29) is 23.6 Å². The number of rotatable bonds is 7. The maximum absolute atomic E-state index is 12.1. The third kappa shape index (κ3) is 5.02. The molecule has 1 aromatic rings. The van der Waals surface area contributed by atoms with Crippen LogP contribution in [0, 0.1) is 5.92 Å². The number of aliphatic hydroxyl groups excluding tert-OH is 1. The van der Waals surface area contributed by atoms with Crippen LogP contribution in [-0.4, -0.2) is 74.5 Å². The highest BCUT2D eigenvalue weighted by atomic mass is 32.2. The van der Waals surface area contributed by atoms with E-state index in [9.17, 15) is 18.3 Å². The summed E-state index contributed by atoms with van der Waals surface area (Å²) in [5.41, 5.74) is 7.67. The molecule has 0 saturated carbocycles. The van der Waals surface area contributed by atoms with Crippen molar-refractivity contribution in [1.29, 1.82) is 0 Å². The minimum absolute atomic E-state index is 0.0688. The zero-order valence-corrected chi connectivity index (χ0v) is 17.7. The summed E-state index contributed by atoms with van der Waals surface area (Å²) in [6.45, 7) is 2.98. The largest absolute Gasteiger partial charge is 0.496 e. The molecule has 3 N–H and O–H groups in total. The molecule has 0 spiro atoms. The molecule has 3 rings (SSSR count). The summed E-state index contributed by atoms with van der Waals surface area (Å²) in [5, 5.41) is 10.4. The summed E-state index contributed by atoms with van der Waals surface area (Å²) in [6.07, 6.45) is 0.677. The Labute approximate surface area is 171 Å². The smallest absolute Gasteiger partial charge is 0.410 e. The average Bonchev–Trinajstić information content (AvgIpc) is 2.99. The molecule has 0 bridgehead atoms. The Morgan fingerprint density at radius 2 is 2.07 bits per heavy atom. The second-order valence-electron chi connectivity index (χ2n) is 7.97. The molecule has 2 fully saturated rings. The predicted octanol–water partition coefficient (Wildman–Crippen LogP) is 0.744. The standard InChI is InChI=1S/C20H30N2O6S/c1-3-6-22-16(10-28-20(22)24)9-14-7-13(4-5-18(14)27-2)8-15-11-29(25,26)12-17(21)19(15)23/h4-5,7,15-17,19,23H,3,6,8-12,21H2,1-2H3/t15-,16+,17+,19+/m1/s1. The third-order valence-electron chi connectivity index (χ3n) is 5.67. The van der Waals surface area contributed by atoms with Crippen LogP contribution >= 0.6 is 0 Å². The molecule has 9 heteroatoms. The Balaban J connectivity index is 1.79. The zero-order valence-electron chi connectivity index (χ0n) is 16.9. The molecule has 2 aliphatic rings. The van der Waals surface area contributed by atoms with Crippen LogP contribution in [0.1, 0.15) is 24.5 Å². The summed E-state index contributed by atoms with van der Waals surface area (Å²) in [6, 6.07) is 4.85. The number of nitrogens with zero attached hydrogens (tertiary/aromatic N) is 1. The van der Waals surface area contributed by atoms with E-state index in [1.807, 2.05) is 25.1 Å². The molecule has 0 aliphatic carbocycles. The summed E-state index contributed by atoms with van der Waals surface area (Å²) < 4.78 is 34.8. The van der Waals surface area contributed by atoms with Crippen LogP contribution in [-0.2, 0) is 27.4 Å². The minimum Gasteiger partial charge on any atom is -0.496 e. The van der Waals surface area contributed by atoms with E-state index in [0.717, 1.165) is 17.5 Å². The monoisotopic (exact) mass is 426 g/mol. The van der Waals surface area contributed by atoms with Crippen molar-refractivity contribution in [2.45, 2.75) is 44.4 Å². The lowest BCUT2D eigenvalue weighted by Crippen LogP contribution is -2.52. The molecule has 4 atom stereocenters. The van der Waals surface area contributed by atoms with E-state index in [4.69, 9.17) is 15.2 Å². The van der Waals surface area contributed by atoms with E-state index < -0.39 is 27.9 Å². The topological polar surface area (TPSA) is 119 Å². The van der Waals surface area contributed by atoms with Crippen molar-refractivity contribution in [3.63, 3.8) is 0 Å². The lowest BCUT2D eigenvalue weighted by molar-refractivity contribution is 0.0923. The molecular weight excluding hydrogens is 396 g/mol. The van der Waals surface area contributed by atoms with E-state index in [1.165, 1.54) is 0 Å². The maximum Gasteiger partial charge on any atom is 0.410 e. The van der Waals surface area contributed by atoms with Crippen molar-refractivity contribution in [1.82, 2.24) is 4.90 Å². The average molecular weight is 427 g/mol. The van der Waals surface area contributed by atoms with Crippen LogP contribution in [0.15, 0.2) is 18.2 Å². The van der Waals surface area contributed by atoms with Gasteiger partial charge in [-0.3, -0.25) is 0 Å². The van der Waals surface area contributed by atoms with Gasteiger partial charge in [-0.1, -0.05) is 19.1 Å². The minimum atomic E-state index is -3.27. The van der Waals surface area contributed by atoms with Crippen molar-refractivity contribution < 1.29 is 27.8 Å². The van der Waals surface area contributed by atoms with E-state index in [2.05, 4.69) is 0 Å². The van der Waals surface area contributed by atoms with Gasteiger partial charge in [0.2, 0.25) is 0 Å². The van der Waals surface area contributed by atoms with Gasteiger partial charge in [0.25, 0.3) is 0 Å². The molecule has 8 nitrogen and oxygen atoms in total. The highest BCUT2D eigenvalue weighted by Gasteiger charge is 2.38. The molecule has 2 aliphatic heterocycles. The van der Waals surface area contributed by atoms with Gasteiger partial charge in [0, 0.05) is 18.5 Å². The fourth-order valence-corrected chi connectivity index (χ4v) is 6.15. The number of benzene rings is 1. The van der Waals surface area contributed by atoms with Gasteiger partial charge >= 0.3 is 6.09 Å². The lowest BCUT2D eigenvalue weighted by Gasteiger charge is -2.32. The molecule has 1 amide bonds.